The van der Waals surface area contributed by atoms with Crippen molar-refractivity contribution in [3.05, 3.63) is 61.8 Å². The maximum absolute atomic E-state index is 11.2. The molecule has 1 nitrogen and oxygen atoms in total. The highest BCUT2D eigenvalue weighted by Gasteiger charge is 1.91. The molecule has 92 valence electrons. The molecule has 0 aromatic rings. The molecule has 0 aliphatic rings. The molecule has 0 aromatic carbocycles. The summed E-state index contributed by atoms with van der Waals surface area (Å²) in [5.74, 6) is 0.156. The molecule has 0 saturated carbocycles. The van der Waals surface area contributed by atoms with Gasteiger partial charge in [-0.3, -0.25) is 4.79 Å². The second kappa shape index (κ2) is 12.4. The average molecular weight is 230 g/mol. The highest BCUT2D eigenvalue weighted by molar-refractivity contribution is 5.89. The molecule has 0 fully saturated rings. The number of allylic oxidation sites excluding steroid dienone is 8. The van der Waals surface area contributed by atoms with E-state index < -0.39 is 0 Å². The predicted molar refractivity (Wildman–Crippen MR) is 75.9 cm³/mol. The second-order valence-corrected chi connectivity index (χ2v) is 3.68. The summed E-state index contributed by atoms with van der Waals surface area (Å²) >= 11 is 0. The molecule has 0 radical (unpaired) electrons. The van der Waals surface area contributed by atoms with Gasteiger partial charge in [-0.25, -0.2) is 0 Å². The van der Waals surface area contributed by atoms with Gasteiger partial charge in [0.25, 0.3) is 0 Å². The summed E-state index contributed by atoms with van der Waals surface area (Å²) in [4.78, 5) is 11.2. The van der Waals surface area contributed by atoms with E-state index in [1.165, 1.54) is 0 Å². The average Bonchev–Trinajstić information content (AvgIpc) is 2.34. The van der Waals surface area contributed by atoms with E-state index in [1.54, 1.807) is 18.2 Å². The first-order valence-corrected chi connectivity index (χ1v) is 6.05. The highest BCUT2D eigenvalue weighted by atomic mass is 16.1. The Morgan fingerprint density at radius 3 is 2.29 bits per heavy atom. The molecular formula is C16H22O. The van der Waals surface area contributed by atoms with Gasteiger partial charge in [-0.2, -0.15) is 0 Å². The third-order valence-electron chi connectivity index (χ3n) is 2.14. The Morgan fingerprint density at radius 2 is 1.65 bits per heavy atom. The Hall–Kier alpha value is -1.63. The van der Waals surface area contributed by atoms with Crippen molar-refractivity contribution in [3.63, 3.8) is 0 Å². The summed E-state index contributed by atoms with van der Waals surface area (Å²) < 4.78 is 0. The van der Waals surface area contributed by atoms with Crippen LogP contribution in [0.4, 0.5) is 0 Å². The zero-order valence-corrected chi connectivity index (χ0v) is 10.5. The zero-order chi connectivity index (χ0) is 12.8. The molecule has 0 aromatic heterocycles. The number of carbonyl (C=O) groups is 1. The molecule has 0 unspecified atom stereocenters. The summed E-state index contributed by atoms with van der Waals surface area (Å²) in [6.07, 6.45) is 19.6. The monoisotopic (exact) mass is 230 g/mol. The first-order valence-electron chi connectivity index (χ1n) is 6.05. The number of rotatable bonds is 10. The molecule has 0 heterocycles. The first kappa shape index (κ1) is 15.4. The Morgan fingerprint density at radius 1 is 0.941 bits per heavy atom. The lowest BCUT2D eigenvalue weighted by Crippen LogP contribution is -1.89. The van der Waals surface area contributed by atoms with Gasteiger partial charge in [0.1, 0.15) is 0 Å². The van der Waals surface area contributed by atoms with Crippen molar-refractivity contribution in [3.8, 4) is 0 Å². The van der Waals surface area contributed by atoms with Crippen LogP contribution in [0.2, 0.25) is 0 Å². The fraction of sp³-hybridized carbons (Fsp3) is 0.312. The van der Waals surface area contributed by atoms with Crippen molar-refractivity contribution >= 4 is 5.78 Å². The molecule has 0 rings (SSSR count). The van der Waals surface area contributed by atoms with Crippen molar-refractivity contribution in [2.24, 2.45) is 0 Å². The standard InChI is InChI=1S/C16H22O/c1-3-5-7-8-9-10-11-12-13-15-16(17)14-6-4-2/h3-5,7,11-13,15H,1-2,6,8-10,14H2. The molecule has 17 heavy (non-hydrogen) atoms. The van der Waals surface area contributed by atoms with Crippen LogP contribution < -0.4 is 0 Å². The molecular weight excluding hydrogens is 208 g/mol. The molecule has 0 bridgehead atoms. The van der Waals surface area contributed by atoms with Crippen molar-refractivity contribution in [2.45, 2.75) is 32.1 Å². The van der Waals surface area contributed by atoms with E-state index in [4.69, 9.17) is 0 Å². The van der Waals surface area contributed by atoms with Crippen LogP contribution >= 0.6 is 0 Å². The van der Waals surface area contributed by atoms with Crippen molar-refractivity contribution in [1.82, 2.24) is 0 Å². The van der Waals surface area contributed by atoms with Gasteiger partial charge in [-0.15, -0.1) is 6.58 Å². The molecule has 0 aliphatic carbocycles. The molecule has 0 N–H and O–H groups in total. The van der Waals surface area contributed by atoms with E-state index in [2.05, 4.69) is 25.3 Å². The SMILES string of the molecule is C=CC=CCCCC=CC=CC(=O)CCC=C. The van der Waals surface area contributed by atoms with Crippen LogP contribution in [0.5, 0.6) is 0 Å². The lowest BCUT2D eigenvalue weighted by molar-refractivity contribution is -0.114. The second-order valence-electron chi connectivity index (χ2n) is 3.68. The fourth-order valence-corrected chi connectivity index (χ4v) is 1.21. The Kier molecular flexibility index (Phi) is 11.2. The summed E-state index contributed by atoms with van der Waals surface area (Å²) in [5, 5.41) is 0. The molecule has 1 heteroatoms. The number of hydrogen-bond acceptors (Lipinski definition) is 1. The van der Waals surface area contributed by atoms with Crippen LogP contribution in [0.25, 0.3) is 0 Å². The smallest absolute Gasteiger partial charge is 0.155 e. The van der Waals surface area contributed by atoms with Crippen LogP contribution in [0.1, 0.15) is 32.1 Å². The summed E-state index contributed by atoms with van der Waals surface area (Å²) in [5.41, 5.74) is 0. The quantitative estimate of drug-likeness (QED) is 0.233. The van der Waals surface area contributed by atoms with Gasteiger partial charge in [-0.05, 0) is 31.8 Å². The van der Waals surface area contributed by atoms with E-state index in [1.807, 2.05) is 18.2 Å². The summed E-state index contributed by atoms with van der Waals surface area (Å²) in [6.45, 7) is 7.19. The van der Waals surface area contributed by atoms with Crippen LogP contribution in [-0.4, -0.2) is 5.78 Å². The van der Waals surface area contributed by atoms with Crippen molar-refractivity contribution in [1.29, 1.82) is 0 Å². The number of ketones is 1. The van der Waals surface area contributed by atoms with Crippen LogP contribution in [-0.2, 0) is 4.79 Å². The van der Waals surface area contributed by atoms with E-state index in [9.17, 15) is 4.79 Å². The lowest BCUT2D eigenvalue weighted by Gasteiger charge is -1.89. The normalized spacial score (nSPS) is 11.5. The third-order valence-corrected chi connectivity index (χ3v) is 2.14. The maximum Gasteiger partial charge on any atom is 0.155 e. The minimum atomic E-state index is 0.156. The van der Waals surface area contributed by atoms with Gasteiger partial charge in [0.15, 0.2) is 5.78 Å². The molecule has 0 aliphatic heterocycles. The van der Waals surface area contributed by atoms with E-state index in [0.717, 1.165) is 25.7 Å². The van der Waals surface area contributed by atoms with Crippen LogP contribution in [0, 0.1) is 0 Å². The third kappa shape index (κ3) is 12.3. The van der Waals surface area contributed by atoms with Gasteiger partial charge < -0.3 is 0 Å². The number of carbonyl (C=O) groups excluding carboxylic acids is 1. The molecule has 0 saturated heterocycles. The minimum absolute atomic E-state index is 0.156. The van der Waals surface area contributed by atoms with Gasteiger partial charge in [0.2, 0.25) is 0 Å². The van der Waals surface area contributed by atoms with Crippen LogP contribution in [0.15, 0.2) is 61.8 Å². The van der Waals surface area contributed by atoms with E-state index in [-0.39, 0.29) is 5.78 Å². The van der Waals surface area contributed by atoms with Crippen molar-refractivity contribution < 1.29 is 4.79 Å². The number of hydrogen-bond donors (Lipinski definition) is 0. The Labute approximate surface area is 105 Å². The minimum Gasteiger partial charge on any atom is -0.295 e. The largest absolute Gasteiger partial charge is 0.295 e. The Balaban J connectivity index is 3.55. The predicted octanol–water partition coefficient (Wildman–Crippen LogP) is 4.55. The van der Waals surface area contributed by atoms with E-state index >= 15 is 0 Å². The van der Waals surface area contributed by atoms with Gasteiger partial charge in [0.05, 0.1) is 0 Å². The highest BCUT2D eigenvalue weighted by Crippen LogP contribution is 1.98. The van der Waals surface area contributed by atoms with Gasteiger partial charge >= 0.3 is 0 Å². The zero-order valence-electron chi connectivity index (χ0n) is 10.5. The molecule has 0 atom stereocenters. The summed E-state index contributed by atoms with van der Waals surface area (Å²) in [6, 6.07) is 0. The topological polar surface area (TPSA) is 17.1 Å². The molecule has 0 spiro atoms. The first-order chi connectivity index (χ1) is 8.31. The van der Waals surface area contributed by atoms with Crippen molar-refractivity contribution in [2.75, 3.05) is 0 Å². The lowest BCUT2D eigenvalue weighted by atomic mass is 10.2. The van der Waals surface area contributed by atoms with Gasteiger partial charge in [-0.1, -0.05) is 49.1 Å². The number of unbranched alkanes of at least 4 members (excludes halogenated alkanes) is 2. The molecule has 0 amide bonds. The summed E-state index contributed by atoms with van der Waals surface area (Å²) in [7, 11) is 0. The Bertz CT molecular complexity index is 305. The van der Waals surface area contributed by atoms with Gasteiger partial charge in [0, 0.05) is 6.42 Å². The maximum atomic E-state index is 11.2. The van der Waals surface area contributed by atoms with Crippen LogP contribution in [0.3, 0.4) is 0 Å². The van der Waals surface area contributed by atoms with E-state index in [0.29, 0.717) is 6.42 Å². The fourth-order valence-electron chi connectivity index (χ4n) is 1.21.